The van der Waals surface area contributed by atoms with Crippen molar-refractivity contribution in [2.24, 2.45) is 0 Å². The average molecular weight is 253 g/mol. The zero-order valence-corrected chi connectivity index (χ0v) is 11.1. The molecule has 0 radical (unpaired) electrons. The van der Waals surface area contributed by atoms with Gasteiger partial charge in [-0.25, -0.2) is 0 Å². The summed E-state index contributed by atoms with van der Waals surface area (Å²) in [4.78, 5) is 23.5. The van der Waals surface area contributed by atoms with Crippen LogP contribution in [0.2, 0.25) is 0 Å². The van der Waals surface area contributed by atoms with Gasteiger partial charge in [0.1, 0.15) is 0 Å². The second kappa shape index (κ2) is 5.69. The van der Waals surface area contributed by atoms with Crippen molar-refractivity contribution in [2.45, 2.75) is 57.0 Å². The SMILES string of the molecule is CC1(C(=O)NCCC(=O)NC2CC2)CCCCN1. The first-order valence-corrected chi connectivity index (χ1v) is 6.93. The maximum Gasteiger partial charge on any atom is 0.240 e. The molecule has 1 atom stereocenters. The molecule has 0 aromatic heterocycles. The summed E-state index contributed by atoms with van der Waals surface area (Å²) in [5.74, 6) is 0.0565. The van der Waals surface area contributed by atoms with Crippen molar-refractivity contribution in [3.05, 3.63) is 0 Å². The standard InChI is InChI=1S/C13H23N3O2/c1-13(7-2-3-8-15-13)12(18)14-9-6-11(17)16-10-4-5-10/h10,15H,2-9H2,1H3,(H,14,18)(H,16,17). The van der Waals surface area contributed by atoms with Crippen LogP contribution in [0, 0.1) is 0 Å². The fourth-order valence-corrected chi connectivity index (χ4v) is 2.26. The number of amides is 2. The van der Waals surface area contributed by atoms with Crippen LogP contribution in [0.4, 0.5) is 0 Å². The van der Waals surface area contributed by atoms with E-state index in [1.54, 1.807) is 0 Å². The summed E-state index contributed by atoms with van der Waals surface area (Å²) < 4.78 is 0. The van der Waals surface area contributed by atoms with Gasteiger partial charge in [0.2, 0.25) is 11.8 Å². The molecule has 1 aliphatic carbocycles. The minimum absolute atomic E-state index is 0.0152. The summed E-state index contributed by atoms with van der Waals surface area (Å²) in [6.07, 6.45) is 5.65. The molecule has 1 saturated carbocycles. The fraction of sp³-hybridized carbons (Fsp3) is 0.846. The predicted octanol–water partition coefficient (Wildman–Crippen LogP) is 0.304. The molecule has 1 aliphatic heterocycles. The Balaban J connectivity index is 1.65. The van der Waals surface area contributed by atoms with E-state index in [0.29, 0.717) is 19.0 Å². The van der Waals surface area contributed by atoms with Crippen LogP contribution < -0.4 is 16.0 Å². The topological polar surface area (TPSA) is 70.2 Å². The van der Waals surface area contributed by atoms with Gasteiger partial charge in [-0.05, 0) is 45.6 Å². The maximum absolute atomic E-state index is 12.0. The number of carbonyl (C=O) groups excluding carboxylic acids is 2. The smallest absolute Gasteiger partial charge is 0.240 e. The highest BCUT2D eigenvalue weighted by Gasteiger charge is 2.33. The third-order valence-electron chi connectivity index (χ3n) is 3.70. The number of nitrogens with one attached hydrogen (secondary N) is 3. The van der Waals surface area contributed by atoms with Crippen molar-refractivity contribution >= 4 is 11.8 Å². The molecule has 0 aromatic rings. The summed E-state index contributed by atoms with van der Waals surface area (Å²) in [5.41, 5.74) is -0.453. The molecule has 1 heterocycles. The van der Waals surface area contributed by atoms with Crippen molar-refractivity contribution in [1.29, 1.82) is 0 Å². The Hall–Kier alpha value is -1.10. The highest BCUT2D eigenvalue weighted by molar-refractivity contribution is 5.86. The van der Waals surface area contributed by atoms with Crippen molar-refractivity contribution < 1.29 is 9.59 Å². The van der Waals surface area contributed by atoms with Crippen LogP contribution in [0.1, 0.15) is 45.4 Å². The van der Waals surface area contributed by atoms with E-state index in [2.05, 4.69) is 16.0 Å². The van der Waals surface area contributed by atoms with Gasteiger partial charge in [0.05, 0.1) is 5.54 Å². The van der Waals surface area contributed by atoms with Crippen LogP contribution in [-0.2, 0) is 9.59 Å². The Morgan fingerprint density at radius 1 is 1.33 bits per heavy atom. The molecule has 3 N–H and O–H groups in total. The third kappa shape index (κ3) is 3.70. The average Bonchev–Trinajstić information content (AvgIpc) is 3.13. The summed E-state index contributed by atoms with van der Waals surface area (Å²) in [6, 6.07) is 0.394. The van der Waals surface area contributed by atoms with Crippen LogP contribution in [-0.4, -0.2) is 36.5 Å². The Labute approximate surface area is 108 Å². The largest absolute Gasteiger partial charge is 0.354 e. The van der Waals surface area contributed by atoms with Gasteiger partial charge >= 0.3 is 0 Å². The molecule has 5 heteroatoms. The fourth-order valence-electron chi connectivity index (χ4n) is 2.26. The van der Waals surface area contributed by atoms with E-state index in [1.165, 1.54) is 0 Å². The molecule has 2 fully saturated rings. The lowest BCUT2D eigenvalue weighted by Gasteiger charge is -2.33. The third-order valence-corrected chi connectivity index (χ3v) is 3.70. The molecule has 18 heavy (non-hydrogen) atoms. The number of hydrogen-bond acceptors (Lipinski definition) is 3. The molecule has 102 valence electrons. The van der Waals surface area contributed by atoms with E-state index in [4.69, 9.17) is 0 Å². The first kappa shape index (κ1) is 13.3. The van der Waals surface area contributed by atoms with Crippen LogP contribution >= 0.6 is 0 Å². The molecule has 0 bridgehead atoms. The molecular weight excluding hydrogens is 230 g/mol. The molecule has 1 saturated heterocycles. The quantitative estimate of drug-likeness (QED) is 0.660. The van der Waals surface area contributed by atoms with Gasteiger partial charge in [0, 0.05) is 19.0 Å². The van der Waals surface area contributed by atoms with Gasteiger partial charge < -0.3 is 16.0 Å². The van der Waals surface area contributed by atoms with E-state index in [0.717, 1.165) is 38.6 Å². The van der Waals surface area contributed by atoms with Crippen molar-refractivity contribution in [2.75, 3.05) is 13.1 Å². The second-order valence-electron chi connectivity index (χ2n) is 5.56. The van der Waals surface area contributed by atoms with Crippen LogP contribution in [0.15, 0.2) is 0 Å². The lowest BCUT2D eigenvalue weighted by Crippen LogP contribution is -2.57. The molecule has 0 spiro atoms. The van der Waals surface area contributed by atoms with Crippen LogP contribution in [0.3, 0.4) is 0 Å². The number of carbonyl (C=O) groups is 2. The first-order chi connectivity index (χ1) is 8.60. The van der Waals surface area contributed by atoms with E-state index >= 15 is 0 Å². The Morgan fingerprint density at radius 2 is 2.11 bits per heavy atom. The molecule has 0 aromatic carbocycles. The maximum atomic E-state index is 12.0. The Kier molecular flexibility index (Phi) is 4.22. The van der Waals surface area contributed by atoms with Gasteiger partial charge in [-0.15, -0.1) is 0 Å². The molecule has 2 rings (SSSR count). The lowest BCUT2D eigenvalue weighted by atomic mass is 9.90. The number of piperidine rings is 1. The molecule has 2 amide bonds. The molecule has 2 aliphatic rings. The van der Waals surface area contributed by atoms with Crippen LogP contribution in [0.25, 0.3) is 0 Å². The van der Waals surface area contributed by atoms with Gasteiger partial charge in [-0.3, -0.25) is 9.59 Å². The first-order valence-electron chi connectivity index (χ1n) is 6.93. The highest BCUT2D eigenvalue weighted by Crippen LogP contribution is 2.19. The predicted molar refractivity (Wildman–Crippen MR) is 69.1 cm³/mol. The minimum atomic E-state index is -0.453. The molecule has 1 unspecified atom stereocenters. The van der Waals surface area contributed by atoms with E-state index in [-0.39, 0.29) is 11.8 Å². The zero-order chi connectivity index (χ0) is 13.0. The summed E-state index contributed by atoms with van der Waals surface area (Å²) >= 11 is 0. The Bertz CT molecular complexity index is 320. The van der Waals surface area contributed by atoms with E-state index in [1.807, 2.05) is 6.92 Å². The zero-order valence-electron chi connectivity index (χ0n) is 11.1. The summed E-state index contributed by atoms with van der Waals surface area (Å²) in [5, 5.41) is 9.03. The van der Waals surface area contributed by atoms with Gasteiger partial charge in [0.25, 0.3) is 0 Å². The van der Waals surface area contributed by atoms with E-state index < -0.39 is 5.54 Å². The summed E-state index contributed by atoms with van der Waals surface area (Å²) in [6.45, 7) is 3.26. The molecular formula is C13H23N3O2. The van der Waals surface area contributed by atoms with E-state index in [9.17, 15) is 9.59 Å². The second-order valence-corrected chi connectivity index (χ2v) is 5.56. The molecule has 5 nitrogen and oxygen atoms in total. The summed E-state index contributed by atoms with van der Waals surface area (Å²) in [7, 11) is 0. The minimum Gasteiger partial charge on any atom is -0.354 e. The van der Waals surface area contributed by atoms with Gasteiger partial charge in [-0.2, -0.15) is 0 Å². The lowest BCUT2D eigenvalue weighted by molar-refractivity contribution is -0.128. The monoisotopic (exact) mass is 253 g/mol. The van der Waals surface area contributed by atoms with Crippen molar-refractivity contribution in [3.63, 3.8) is 0 Å². The Morgan fingerprint density at radius 3 is 2.72 bits per heavy atom. The van der Waals surface area contributed by atoms with Crippen molar-refractivity contribution in [1.82, 2.24) is 16.0 Å². The number of hydrogen-bond donors (Lipinski definition) is 3. The highest BCUT2D eigenvalue weighted by atomic mass is 16.2. The van der Waals surface area contributed by atoms with Gasteiger partial charge in [0.15, 0.2) is 0 Å². The van der Waals surface area contributed by atoms with Gasteiger partial charge in [-0.1, -0.05) is 0 Å². The van der Waals surface area contributed by atoms with Crippen molar-refractivity contribution in [3.8, 4) is 0 Å². The number of rotatable bonds is 5. The normalized spacial score (nSPS) is 27.6. The van der Waals surface area contributed by atoms with Crippen LogP contribution in [0.5, 0.6) is 0 Å².